The standard InChI is InChI=1S/C22H26F2N2O/c23-19-5-1-3-16-7-8-21(26-11-9-25(10-12-26)13-14-27)22-17(15-18(16)19)4-2-6-20(22)24/h1-3,6-7,15,21,27H,4-5,8-14H2/b16-7-,17-15-. The van der Waals surface area contributed by atoms with Gasteiger partial charge in [0.25, 0.3) is 0 Å². The summed E-state index contributed by atoms with van der Waals surface area (Å²) in [5.41, 5.74) is 3.13. The molecule has 0 amide bonds. The van der Waals surface area contributed by atoms with Crippen molar-refractivity contribution < 1.29 is 13.9 Å². The number of halogens is 2. The maximum atomic E-state index is 14.9. The molecule has 0 spiro atoms. The van der Waals surface area contributed by atoms with E-state index in [9.17, 15) is 8.78 Å². The van der Waals surface area contributed by atoms with Gasteiger partial charge < -0.3 is 5.11 Å². The normalized spacial score (nSPS) is 30.9. The summed E-state index contributed by atoms with van der Waals surface area (Å²) in [5, 5.41) is 9.15. The van der Waals surface area contributed by atoms with E-state index in [1.165, 1.54) is 0 Å². The molecule has 1 heterocycles. The number of aliphatic hydroxyl groups is 1. The molecule has 1 saturated heterocycles. The maximum absolute atomic E-state index is 14.9. The van der Waals surface area contributed by atoms with Crippen LogP contribution in [0.15, 0.2) is 70.4 Å². The Bertz CT molecular complexity index is 780. The van der Waals surface area contributed by atoms with E-state index in [1.807, 2.05) is 24.3 Å². The van der Waals surface area contributed by atoms with E-state index in [-0.39, 0.29) is 24.3 Å². The van der Waals surface area contributed by atoms with Crippen molar-refractivity contribution >= 4 is 0 Å². The van der Waals surface area contributed by atoms with Crippen molar-refractivity contribution in [2.75, 3.05) is 39.3 Å². The van der Waals surface area contributed by atoms with E-state index in [0.717, 1.165) is 42.9 Å². The van der Waals surface area contributed by atoms with Crippen LogP contribution in [-0.4, -0.2) is 60.3 Å². The third-order valence-corrected chi connectivity index (χ3v) is 5.88. The maximum Gasteiger partial charge on any atom is 0.127 e. The van der Waals surface area contributed by atoms with Gasteiger partial charge in [0.2, 0.25) is 0 Å². The predicted octanol–water partition coefficient (Wildman–Crippen LogP) is 3.59. The highest BCUT2D eigenvalue weighted by atomic mass is 19.1. The van der Waals surface area contributed by atoms with Crippen molar-refractivity contribution in [2.45, 2.75) is 25.3 Å². The van der Waals surface area contributed by atoms with Crippen LogP contribution in [0.5, 0.6) is 0 Å². The molecule has 144 valence electrons. The number of hydrogen-bond acceptors (Lipinski definition) is 3. The Hall–Kier alpha value is -1.82. The molecule has 1 fully saturated rings. The molecular weight excluding hydrogens is 346 g/mol. The van der Waals surface area contributed by atoms with Gasteiger partial charge in [0.1, 0.15) is 11.7 Å². The Morgan fingerprint density at radius 2 is 1.81 bits per heavy atom. The van der Waals surface area contributed by atoms with Gasteiger partial charge in [-0.15, -0.1) is 0 Å². The summed E-state index contributed by atoms with van der Waals surface area (Å²) in [4.78, 5) is 4.57. The molecule has 1 unspecified atom stereocenters. The van der Waals surface area contributed by atoms with E-state index in [0.29, 0.717) is 31.4 Å². The third-order valence-electron chi connectivity index (χ3n) is 5.88. The van der Waals surface area contributed by atoms with Gasteiger partial charge in [-0.3, -0.25) is 9.80 Å². The number of hydrogen-bond donors (Lipinski definition) is 1. The highest BCUT2D eigenvalue weighted by Crippen LogP contribution is 2.38. The monoisotopic (exact) mass is 372 g/mol. The number of nitrogens with zero attached hydrogens (tertiary/aromatic N) is 2. The number of rotatable bonds is 3. The average Bonchev–Trinajstić information content (AvgIpc) is 2.65. The molecule has 27 heavy (non-hydrogen) atoms. The second-order valence-corrected chi connectivity index (χ2v) is 7.47. The molecule has 0 aromatic carbocycles. The molecule has 0 saturated carbocycles. The van der Waals surface area contributed by atoms with Gasteiger partial charge in [0.05, 0.1) is 6.61 Å². The molecule has 0 radical (unpaired) electrons. The van der Waals surface area contributed by atoms with E-state index in [1.54, 1.807) is 6.08 Å². The largest absolute Gasteiger partial charge is 0.395 e. The van der Waals surface area contributed by atoms with Gasteiger partial charge in [-0.1, -0.05) is 24.3 Å². The highest BCUT2D eigenvalue weighted by Gasteiger charge is 2.32. The number of piperazine rings is 1. The van der Waals surface area contributed by atoms with Crippen molar-refractivity contribution in [3.8, 4) is 0 Å². The SMILES string of the molecule is OCCN1CCN(C2C/C=C3/C=CCC(F)=C3/C=C3/CC=CC(F)=C32)CC1. The smallest absolute Gasteiger partial charge is 0.127 e. The molecule has 1 atom stereocenters. The van der Waals surface area contributed by atoms with E-state index >= 15 is 0 Å². The van der Waals surface area contributed by atoms with Crippen molar-refractivity contribution in [2.24, 2.45) is 0 Å². The van der Waals surface area contributed by atoms with Crippen LogP contribution in [0, 0.1) is 0 Å². The fourth-order valence-electron chi connectivity index (χ4n) is 4.44. The number of β-amino-alcohol motifs (C(OH)–C–C–N with tert-alkyl or cyclic N) is 1. The molecule has 1 N–H and O–H groups in total. The van der Waals surface area contributed by atoms with Crippen LogP contribution in [-0.2, 0) is 0 Å². The fraction of sp³-hybridized carbons (Fsp3) is 0.455. The Labute approximate surface area is 159 Å². The second-order valence-electron chi connectivity index (χ2n) is 7.47. The summed E-state index contributed by atoms with van der Waals surface area (Å²) in [5.74, 6) is -0.332. The zero-order valence-electron chi connectivity index (χ0n) is 15.5. The van der Waals surface area contributed by atoms with Crippen molar-refractivity contribution in [3.63, 3.8) is 0 Å². The lowest BCUT2D eigenvalue weighted by Gasteiger charge is -2.41. The molecule has 0 aromatic heterocycles. The quantitative estimate of drug-likeness (QED) is 0.820. The summed E-state index contributed by atoms with van der Waals surface area (Å²) < 4.78 is 29.3. The first-order valence-electron chi connectivity index (χ1n) is 9.77. The van der Waals surface area contributed by atoms with Crippen LogP contribution in [0.2, 0.25) is 0 Å². The molecule has 1 aliphatic heterocycles. The second kappa shape index (κ2) is 8.05. The number of fused-ring (bicyclic) bond motifs is 2. The van der Waals surface area contributed by atoms with Crippen LogP contribution < -0.4 is 0 Å². The molecular formula is C22H26F2N2O. The summed E-state index contributed by atoms with van der Waals surface area (Å²) in [6.07, 6.45) is 12.7. The lowest BCUT2D eigenvalue weighted by Crippen LogP contribution is -2.51. The lowest BCUT2D eigenvalue weighted by atomic mass is 9.82. The highest BCUT2D eigenvalue weighted by molar-refractivity contribution is 5.58. The zero-order chi connectivity index (χ0) is 18.8. The summed E-state index contributed by atoms with van der Waals surface area (Å²) in [6.45, 7) is 4.28. The summed E-state index contributed by atoms with van der Waals surface area (Å²) in [7, 11) is 0. The Balaban J connectivity index is 1.67. The molecule has 0 aromatic rings. The van der Waals surface area contributed by atoms with Crippen molar-refractivity contribution in [1.29, 1.82) is 0 Å². The molecule has 5 heteroatoms. The van der Waals surface area contributed by atoms with Gasteiger partial charge >= 0.3 is 0 Å². The van der Waals surface area contributed by atoms with Crippen LogP contribution >= 0.6 is 0 Å². The molecule has 3 nitrogen and oxygen atoms in total. The predicted molar refractivity (Wildman–Crippen MR) is 103 cm³/mol. The minimum Gasteiger partial charge on any atom is -0.395 e. The minimum atomic E-state index is -0.195. The van der Waals surface area contributed by atoms with Crippen LogP contribution in [0.1, 0.15) is 19.3 Å². The molecule has 3 aliphatic carbocycles. The Kier molecular flexibility index (Phi) is 5.53. The Morgan fingerprint density at radius 1 is 1.04 bits per heavy atom. The lowest BCUT2D eigenvalue weighted by molar-refractivity contribution is 0.0938. The van der Waals surface area contributed by atoms with Crippen LogP contribution in [0.25, 0.3) is 0 Å². The molecule has 4 rings (SSSR count). The average molecular weight is 372 g/mol. The minimum absolute atomic E-state index is 0.0371. The van der Waals surface area contributed by atoms with Crippen LogP contribution in [0.4, 0.5) is 8.78 Å². The van der Waals surface area contributed by atoms with Crippen molar-refractivity contribution in [1.82, 2.24) is 9.80 Å². The van der Waals surface area contributed by atoms with Gasteiger partial charge in [0, 0.05) is 56.3 Å². The van der Waals surface area contributed by atoms with Gasteiger partial charge in [-0.2, -0.15) is 0 Å². The number of aliphatic hydroxyl groups excluding tert-OH is 1. The zero-order valence-corrected chi connectivity index (χ0v) is 15.5. The third kappa shape index (κ3) is 3.77. The Morgan fingerprint density at radius 3 is 2.59 bits per heavy atom. The summed E-state index contributed by atoms with van der Waals surface area (Å²) in [6, 6.07) is -0.0371. The fourth-order valence-corrected chi connectivity index (χ4v) is 4.44. The van der Waals surface area contributed by atoms with E-state index in [2.05, 4.69) is 15.9 Å². The first-order valence-corrected chi connectivity index (χ1v) is 9.77. The van der Waals surface area contributed by atoms with Gasteiger partial charge in [-0.05, 0) is 36.1 Å². The number of allylic oxidation sites excluding steroid dienone is 9. The summed E-state index contributed by atoms with van der Waals surface area (Å²) >= 11 is 0. The van der Waals surface area contributed by atoms with Gasteiger partial charge in [-0.25, -0.2) is 8.78 Å². The van der Waals surface area contributed by atoms with Crippen molar-refractivity contribution in [3.05, 3.63) is 70.4 Å². The topological polar surface area (TPSA) is 26.7 Å². The molecule has 4 aliphatic rings. The van der Waals surface area contributed by atoms with E-state index < -0.39 is 0 Å². The van der Waals surface area contributed by atoms with Gasteiger partial charge in [0.15, 0.2) is 0 Å². The first-order chi connectivity index (χ1) is 13.2. The van der Waals surface area contributed by atoms with Crippen LogP contribution in [0.3, 0.4) is 0 Å². The first kappa shape index (κ1) is 18.5. The van der Waals surface area contributed by atoms with E-state index in [4.69, 9.17) is 5.11 Å². The molecule has 0 bridgehead atoms.